The highest BCUT2D eigenvalue weighted by atomic mass is 17.0. The number of nitrogens with one attached hydrogen (secondary N) is 1. The van der Waals surface area contributed by atoms with Crippen molar-refractivity contribution >= 4 is 16.7 Å². The Bertz CT molecular complexity index is 908. The van der Waals surface area contributed by atoms with E-state index in [-0.39, 0.29) is 26.3 Å². The van der Waals surface area contributed by atoms with E-state index < -0.39 is 10.2 Å². The molecule has 0 amide bonds. The number of aromatic nitrogens is 2. The van der Waals surface area contributed by atoms with Crippen molar-refractivity contribution < 1.29 is 29.3 Å². The highest BCUT2D eigenvalue weighted by Crippen LogP contribution is 2.33. The van der Waals surface area contributed by atoms with Crippen molar-refractivity contribution in [3.05, 3.63) is 38.2 Å². The standard InChI is InChI=1S/C18H26N6O8/c1-13-20-15-12-17(30-3)16(29-2)11-14(15)18(21-13)19-5-4-6-22(7-9-31-23(25)26)8-10-32-24(27)28/h11-12H,4-10H2,1-3H3,(H,19,20,21). The molecule has 0 unspecified atom stereocenters. The van der Waals surface area contributed by atoms with E-state index in [1.54, 1.807) is 38.2 Å². The van der Waals surface area contributed by atoms with Crippen molar-refractivity contribution in [2.45, 2.75) is 13.3 Å². The number of aryl methyl sites for hydroxylation is 1. The van der Waals surface area contributed by atoms with Crippen LogP contribution < -0.4 is 14.8 Å². The van der Waals surface area contributed by atoms with E-state index in [0.29, 0.717) is 48.2 Å². The maximum atomic E-state index is 10.3. The van der Waals surface area contributed by atoms with Gasteiger partial charge < -0.3 is 24.5 Å². The van der Waals surface area contributed by atoms with Gasteiger partial charge in [0.15, 0.2) is 11.5 Å². The number of fused-ring (bicyclic) bond motifs is 1. The number of nitrogens with zero attached hydrogens (tertiary/aromatic N) is 5. The third-order valence-corrected chi connectivity index (χ3v) is 4.46. The van der Waals surface area contributed by atoms with Crippen LogP contribution in [-0.4, -0.2) is 78.7 Å². The van der Waals surface area contributed by atoms with Crippen LogP contribution in [-0.2, 0) is 9.68 Å². The summed E-state index contributed by atoms with van der Waals surface area (Å²) in [5.41, 5.74) is 0.702. The number of anilines is 1. The van der Waals surface area contributed by atoms with Crippen molar-refractivity contribution in [1.82, 2.24) is 14.9 Å². The fourth-order valence-electron chi connectivity index (χ4n) is 3.04. The molecule has 176 valence electrons. The van der Waals surface area contributed by atoms with E-state index in [1.165, 1.54) is 0 Å². The van der Waals surface area contributed by atoms with Gasteiger partial charge >= 0.3 is 0 Å². The van der Waals surface area contributed by atoms with Crippen LogP contribution in [0, 0.1) is 27.2 Å². The molecule has 0 saturated carbocycles. The second-order valence-corrected chi connectivity index (χ2v) is 6.58. The minimum atomic E-state index is -0.876. The molecule has 2 rings (SSSR count). The van der Waals surface area contributed by atoms with Crippen LogP contribution in [0.25, 0.3) is 10.9 Å². The summed E-state index contributed by atoms with van der Waals surface area (Å²) in [7, 11) is 3.10. The quantitative estimate of drug-likeness (QED) is 0.234. The summed E-state index contributed by atoms with van der Waals surface area (Å²) >= 11 is 0. The van der Waals surface area contributed by atoms with E-state index in [0.717, 1.165) is 5.39 Å². The zero-order valence-corrected chi connectivity index (χ0v) is 18.1. The van der Waals surface area contributed by atoms with Gasteiger partial charge in [0, 0.05) is 31.1 Å². The Morgan fingerprint density at radius 1 is 0.969 bits per heavy atom. The number of rotatable bonds is 15. The maximum absolute atomic E-state index is 10.3. The Morgan fingerprint density at radius 2 is 1.56 bits per heavy atom. The molecule has 0 spiro atoms. The summed E-state index contributed by atoms with van der Waals surface area (Å²) in [5, 5.41) is 23.0. The zero-order valence-electron chi connectivity index (χ0n) is 18.1. The Labute approximate surface area is 183 Å². The predicted octanol–water partition coefficient (Wildman–Crippen LogP) is 1.48. The summed E-state index contributed by atoms with van der Waals surface area (Å²) in [6, 6.07) is 3.58. The van der Waals surface area contributed by atoms with E-state index >= 15 is 0 Å². The third kappa shape index (κ3) is 7.54. The lowest BCUT2D eigenvalue weighted by Crippen LogP contribution is -2.33. The van der Waals surface area contributed by atoms with Crippen LogP contribution in [0.1, 0.15) is 12.2 Å². The van der Waals surface area contributed by atoms with Crippen LogP contribution in [0.4, 0.5) is 5.82 Å². The average Bonchev–Trinajstić information content (AvgIpc) is 2.74. The normalized spacial score (nSPS) is 10.8. The molecule has 32 heavy (non-hydrogen) atoms. The zero-order chi connectivity index (χ0) is 23.5. The van der Waals surface area contributed by atoms with E-state index in [9.17, 15) is 20.2 Å². The Kier molecular flexibility index (Phi) is 9.41. The smallest absolute Gasteiger partial charge is 0.294 e. The van der Waals surface area contributed by atoms with Crippen LogP contribution in [0.15, 0.2) is 12.1 Å². The topological polar surface area (TPSA) is 164 Å². The largest absolute Gasteiger partial charge is 0.493 e. The van der Waals surface area contributed by atoms with Gasteiger partial charge in [0.1, 0.15) is 24.9 Å². The number of ether oxygens (including phenoxy) is 2. The molecule has 14 heteroatoms. The molecule has 1 aromatic heterocycles. The van der Waals surface area contributed by atoms with Crippen molar-refractivity contribution in [2.75, 3.05) is 58.9 Å². The molecule has 2 aromatic rings. The van der Waals surface area contributed by atoms with Gasteiger partial charge in [-0.2, -0.15) is 0 Å². The molecule has 0 atom stereocenters. The molecule has 1 heterocycles. The van der Waals surface area contributed by atoms with Crippen LogP contribution in [0.5, 0.6) is 11.5 Å². The van der Waals surface area contributed by atoms with Crippen molar-refractivity contribution in [3.8, 4) is 11.5 Å². The lowest BCUT2D eigenvalue weighted by Gasteiger charge is -2.21. The lowest BCUT2D eigenvalue weighted by molar-refractivity contribution is -0.758. The molecule has 1 aromatic carbocycles. The highest BCUT2D eigenvalue weighted by Gasteiger charge is 2.13. The highest BCUT2D eigenvalue weighted by molar-refractivity contribution is 5.91. The van der Waals surface area contributed by atoms with E-state index in [2.05, 4.69) is 25.0 Å². The molecule has 0 aliphatic heterocycles. The summed E-state index contributed by atoms with van der Waals surface area (Å²) in [5.74, 6) is 2.34. The second-order valence-electron chi connectivity index (χ2n) is 6.58. The summed E-state index contributed by atoms with van der Waals surface area (Å²) in [4.78, 5) is 40.0. The van der Waals surface area contributed by atoms with Gasteiger partial charge in [0.25, 0.3) is 10.2 Å². The molecule has 14 nitrogen and oxygen atoms in total. The predicted molar refractivity (Wildman–Crippen MR) is 113 cm³/mol. The first-order chi connectivity index (χ1) is 15.3. The number of hydrogen-bond donors (Lipinski definition) is 1. The van der Waals surface area contributed by atoms with Gasteiger partial charge in [-0.25, -0.2) is 9.97 Å². The number of hydrogen-bond acceptors (Lipinski definition) is 12. The Hall–Kier alpha value is -3.68. The molecule has 0 fully saturated rings. The van der Waals surface area contributed by atoms with Crippen LogP contribution >= 0.6 is 0 Å². The number of benzene rings is 1. The minimum absolute atomic E-state index is 0.143. The SMILES string of the molecule is COc1cc2nc(C)nc(NCCCN(CCO[N+](=O)[O-])CCO[N+](=O)[O-])c2cc1OC. The fraction of sp³-hybridized carbons (Fsp3) is 0.556. The van der Waals surface area contributed by atoms with Gasteiger partial charge in [0.2, 0.25) is 0 Å². The monoisotopic (exact) mass is 454 g/mol. The summed E-state index contributed by atoms with van der Waals surface area (Å²) < 4.78 is 10.7. The molecule has 1 N–H and O–H groups in total. The van der Waals surface area contributed by atoms with Gasteiger partial charge in [-0.3, -0.25) is 4.90 Å². The van der Waals surface area contributed by atoms with Gasteiger partial charge in [-0.15, -0.1) is 20.2 Å². The first kappa shape index (κ1) is 24.6. The summed E-state index contributed by atoms with van der Waals surface area (Å²) in [6.07, 6.45) is 0.634. The molecular formula is C18H26N6O8. The van der Waals surface area contributed by atoms with Gasteiger partial charge in [-0.05, 0) is 26.0 Å². The lowest BCUT2D eigenvalue weighted by atomic mass is 10.2. The van der Waals surface area contributed by atoms with Crippen molar-refractivity contribution in [2.24, 2.45) is 0 Å². The third-order valence-electron chi connectivity index (χ3n) is 4.46. The fourth-order valence-corrected chi connectivity index (χ4v) is 3.04. The second kappa shape index (κ2) is 12.2. The first-order valence-electron chi connectivity index (χ1n) is 9.75. The molecule has 0 saturated heterocycles. The first-order valence-corrected chi connectivity index (χ1v) is 9.75. The van der Waals surface area contributed by atoms with Crippen LogP contribution in [0.3, 0.4) is 0 Å². The molecule has 0 radical (unpaired) electrons. The van der Waals surface area contributed by atoms with E-state index in [4.69, 9.17) is 9.47 Å². The maximum Gasteiger partial charge on any atom is 0.294 e. The van der Waals surface area contributed by atoms with Gasteiger partial charge in [0.05, 0.1) is 19.7 Å². The summed E-state index contributed by atoms with van der Waals surface area (Å²) in [6.45, 7) is 3.00. The molecule has 0 bridgehead atoms. The van der Waals surface area contributed by atoms with Crippen LogP contribution in [0.2, 0.25) is 0 Å². The van der Waals surface area contributed by atoms with E-state index in [1.807, 2.05) is 0 Å². The minimum Gasteiger partial charge on any atom is -0.493 e. The van der Waals surface area contributed by atoms with Crippen molar-refractivity contribution in [3.63, 3.8) is 0 Å². The Morgan fingerprint density at radius 3 is 2.12 bits per heavy atom. The molecular weight excluding hydrogens is 428 g/mol. The average molecular weight is 454 g/mol. The Balaban J connectivity index is 1.99. The number of methoxy groups -OCH3 is 2. The van der Waals surface area contributed by atoms with Crippen molar-refractivity contribution in [1.29, 1.82) is 0 Å². The molecule has 0 aliphatic rings. The molecule has 0 aliphatic carbocycles. The van der Waals surface area contributed by atoms with Gasteiger partial charge in [-0.1, -0.05) is 0 Å².